The van der Waals surface area contributed by atoms with Gasteiger partial charge in [0.05, 0.1) is 27.6 Å². The largest absolute Gasteiger partial charge is 0.354 e. The molecule has 0 aliphatic heterocycles. The van der Waals surface area contributed by atoms with Crippen molar-refractivity contribution in [2.45, 2.75) is 6.92 Å². The lowest BCUT2D eigenvalue weighted by Crippen LogP contribution is -2.10. The molecule has 4 heteroatoms. The number of aryl methyl sites for hydroxylation is 1. The van der Waals surface area contributed by atoms with Crippen LogP contribution < -0.4 is 4.90 Å². The smallest absolute Gasteiger partial charge is 0.0619 e. The number of nitrogens with zero attached hydrogens (tertiary/aromatic N) is 3. The molecule has 3 aromatic heterocycles. The van der Waals surface area contributed by atoms with E-state index in [1.807, 2.05) is 0 Å². The van der Waals surface area contributed by atoms with E-state index in [4.69, 9.17) is 0 Å². The van der Waals surface area contributed by atoms with Crippen LogP contribution in [0.5, 0.6) is 0 Å². The Balaban J connectivity index is 0.000000216. The summed E-state index contributed by atoms with van der Waals surface area (Å²) in [6, 6.07) is 106. The molecule has 0 aliphatic carbocycles. The first-order valence-electron chi connectivity index (χ1n) is 28.7. The molecule has 18 rings (SSSR count). The van der Waals surface area contributed by atoms with Crippen molar-refractivity contribution in [3.05, 3.63) is 297 Å². The lowest BCUT2D eigenvalue weighted by molar-refractivity contribution is 1.17. The number of anilines is 3. The number of rotatable bonds is 5. The molecular weight excluding hydrogens is 1000 g/mol. The predicted octanol–water partition coefficient (Wildman–Crippen LogP) is 21.9. The van der Waals surface area contributed by atoms with Crippen molar-refractivity contribution in [2.24, 2.45) is 0 Å². The summed E-state index contributed by atoms with van der Waals surface area (Å²) in [6.45, 7) is 2.15. The number of fused-ring (bicyclic) bond motifs is 21. The van der Waals surface area contributed by atoms with E-state index < -0.39 is 0 Å². The molecule has 0 bridgehead atoms. The third kappa shape index (κ3) is 7.33. The van der Waals surface area contributed by atoms with Gasteiger partial charge in [-0.25, -0.2) is 0 Å². The highest BCUT2D eigenvalue weighted by molar-refractivity contribution is 6.28. The summed E-state index contributed by atoms with van der Waals surface area (Å²) in [5, 5.41) is 23.0. The fraction of sp³-hybridized carbons (Fsp3) is 0.0127. The van der Waals surface area contributed by atoms with E-state index in [0.717, 1.165) is 28.4 Å². The maximum absolute atomic E-state index is 3.61. The van der Waals surface area contributed by atoms with Crippen LogP contribution >= 0.6 is 0 Å². The van der Waals surface area contributed by atoms with Crippen LogP contribution in [0.1, 0.15) is 5.56 Å². The van der Waals surface area contributed by atoms with E-state index in [2.05, 4.69) is 317 Å². The fourth-order valence-corrected chi connectivity index (χ4v) is 13.7. The summed E-state index contributed by atoms with van der Waals surface area (Å²) in [5.74, 6) is 0. The Hall–Kier alpha value is -10.9. The SMILES string of the molecule is Cc1ccc(N(c2ccc(-n3c4ccc5ccccc5c4c4ccc5ccccc5c43)cc2)c2ccc(-n3c4ccc5ccccc5c4c4ccc5ccccc5c43)cc2)cc1.c1ccc2c(c1)ccc1c2[nH]c2ccc3ccccc3c21. The van der Waals surface area contributed by atoms with Gasteiger partial charge >= 0.3 is 0 Å². The second-order valence-electron chi connectivity index (χ2n) is 22.1. The highest BCUT2D eigenvalue weighted by atomic mass is 15.1. The molecule has 15 aromatic carbocycles. The minimum absolute atomic E-state index is 1.09. The van der Waals surface area contributed by atoms with Crippen LogP contribution in [-0.2, 0) is 0 Å². The van der Waals surface area contributed by atoms with E-state index in [-0.39, 0.29) is 0 Å². The topological polar surface area (TPSA) is 28.9 Å². The monoisotopic (exact) mass is 1060 g/mol. The summed E-state index contributed by atoms with van der Waals surface area (Å²) >= 11 is 0. The Labute approximate surface area is 478 Å². The summed E-state index contributed by atoms with van der Waals surface area (Å²) in [7, 11) is 0. The number of hydrogen-bond acceptors (Lipinski definition) is 1. The molecule has 0 atom stereocenters. The maximum Gasteiger partial charge on any atom is 0.0619 e. The minimum atomic E-state index is 1.09. The Morgan fingerprint density at radius 3 is 1.06 bits per heavy atom. The Kier molecular flexibility index (Phi) is 10.5. The molecule has 0 amide bonds. The zero-order valence-corrected chi connectivity index (χ0v) is 45.6. The van der Waals surface area contributed by atoms with Gasteiger partial charge in [0.1, 0.15) is 0 Å². The molecule has 0 fully saturated rings. The highest BCUT2D eigenvalue weighted by Crippen LogP contribution is 2.44. The van der Waals surface area contributed by atoms with Gasteiger partial charge < -0.3 is 19.0 Å². The normalized spacial score (nSPS) is 11.9. The van der Waals surface area contributed by atoms with Crippen LogP contribution in [0, 0.1) is 6.92 Å². The standard InChI is InChI=1S/C59H39N3.C20H13N/c1-38-18-24-43(25-19-38)60(44-26-30-46(31-27-44)61-54-36-22-39-10-2-6-14-48(39)56(54)52-34-20-41-12-4-8-16-50(41)58(52)61)45-28-32-47(33-29-45)62-55-37-23-40-11-3-7-15-49(40)57(55)53-35-21-42-13-5-9-17-51(42)59(53)62;1-3-7-15-13(5-1)10-12-18-19(15)17-11-9-14-6-2-4-8-16(14)20(17)21-18/h2-37H,1H3;1-12,21H. The first kappa shape index (κ1) is 46.9. The van der Waals surface area contributed by atoms with Crippen LogP contribution in [0.3, 0.4) is 0 Å². The molecule has 83 heavy (non-hydrogen) atoms. The van der Waals surface area contributed by atoms with Crippen LogP contribution in [0.2, 0.25) is 0 Å². The summed E-state index contributed by atoms with van der Waals surface area (Å²) < 4.78 is 4.93. The maximum atomic E-state index is 3.61. The molecule has 0 saturated carbocycles. The molecule has 3 heterocycles. The van der Waals surface area contributed by atoms with Crippen LogP contribution in [-0.4, -0.2) is 14.1 Å². The van der Waals surface area contributed by atoms with Crippen molar-refractivity contribution in [3.8, 4) is 11.4 Å². The number of hydrogen-bond donors (Lipinski definition) is 1. The second-order valence-corrected chi connectivity index (χ2v) is 22.1. The summed E-state index contributed by atoms with van der Waals surface area (Å²) in [5.41, 5.74) is 14.1. The van der Waals surface area contributed by atoms with E-state index in [1.165, 1.54) is 136 Å². The highest BCUT2D eigenvalue weighted by Gasteiger charge is 2.21. The van der Waals surface area contributed by atoms with E-state index in [0.29, 0.717) is 0 Å². The molecule has 0 aliphatic rings. The molecule has 388 valence electrons. The van der Waals surface area contributed by atoms with Gasteiger partial charge in [-0.1, -0.05) is 218 Å². The third-order valence-electron chi connectivity index (χ3n) is 17.5. The number of aromatic nitrogens is 3. The number of benzene rings is 15. The summed E-state index contributed by atoms with van der Waals surface area (Å²) in [6.07, 6.45) is 0. The Bertz CT molecular complexity index is 5390. The lowest BCUT2D eigenvalue weighted by Gasteiger charge is -2.26. The molecule has 0 spiro atoms. The number of H-pyrrole nitrogens is 1. The van der Waals surface area contributed by atoms with E-state index in [1.54, 1.807) is 0 Å². The minimum Gasteiger partial charge on any atom is -0.354 e. The molecule has 0 saturated heterocycles. The van der Waals surface area contributed by atoms with Crippen molar-refractivity contribution in [1.82, 2.24) is 14.1 Å². The lowest BCUT2D eigenvalue weighted by atomic mass is 10.0. The molecule has 18 aromatic rings. The van der Waals surface area contributed by atoms with Crippen molar-refractivity contribution in [3.63, 3.8) is 0 Å². The molecule has 0 unspecified atom stereocenters. The van der Waals surface area contributed by atoms with Crippen LogP contribution in [0.15, 0.2) is 291 Å². The van der Waals surface area contributed by atoms with Gasteiger partial charge in [0, 0.05) is 82.4 Å². The van der Waals surface area contributed by atoms with E-state index >= 15 is 0 Å². The van der Waals surface area contributed by atoms with Gasteiger partial charge in [-0.05, 0) is 134 Å². The number of nitrogens with one attached hydrogen (secondary N) is 1. The van der Waals surface area contributed by atoms with Gasteiger partial charge in [-0.15, -0.1) is 0 Å². The zero-order valence-electron chi connectivity index (χ0n) is 45.6. The first-order valence-corrected chi connectivity index (χ1v) is 28.7. The van der Waals surface area contributed by atoms with Crippen molar-refractivity contribution < 1.29 is 0 Å². The van der Waals surface area contributed by atoms with Gasteiger partial charge in [0.2, 0.25) is 0 Å². The van der Waals surface area contributed by atoms with Gasteiger partial charge in [-0.3, -0.25) is 0 Å². The van der Waals surface area contributed by atoms with Gasteiger partial charge in [0.25, 0.3) is 0 Å². The Morgan fingerprint density at radius 2 is 0.602 bits per heavy atom. The quantitative estimate of drug-likeness (QED) is 0.183. The fourth-order valence-electron chi connectivity index (χ4n) is 13.7. The van der Waals surface area contributed by atoms with Crippen molar-refractivity contribution in [2.75, 3.05) is 4.90 Å². The van der Waals surface area contributed by atoms with Crippen molar-refractivity contribution in [1.29, 1.82) is 0 Å². The van der Waals surface area contributed by atoms with Crippen LogP contribution in [0.25, 0.3) is 141 Å². The number of aromatic amines is 1. The average Bonchev–Trinajstić information content (AvgIpc) is 3.09. The third-order valence-corrected chi connectivity index (χ3v) is 17.5. The molecule has 1 N–H and O–H groups in total. The predicted molar refractivity (Wildman–Crippen MR) is 355 cm³/mol. The van der Waals surface area contributed by atoms with Gasteiger partial charge in [0.15, 0.2) is 0 Å². The Morgan fingerprint density at radius 1 is 0.265 bits per heavy atom. The first-order chi connectivity index (χ1) is 41.1. The van der Waals surface area contributed by atoms with Crippen LogP contribution in [0.4, 0.5) is 17.1 Å². The molecule has 0 radical (unpaired) electrons. The van der Waals surface area contributed by atoms with Gasteiger partial charge in [-0.2, -0.15) is 0 Å². The second kappa shape index (κ2) is 18.6. The summed E-state index contributed by atoms with van der Waals surface area (Å²) in [4.78, 5) is 5.98. The molecular formula is C79H52N4. The average molecular weight is 1060 g/mol. The van der Waals surface area contributed by atoms with E-state index in [9.17, 15) is 0 Å². The zero-order chi connectivity index (χ0) is 54.7. The molecule has 4 nitrogen and oxygen atoms in total. The van der Waals surface area contributed by atoms with Crippen molar-refractivity contribution >= 4 is 147 Å².